The minimum atomic E-state index is -4.72. The molecule has 1 aromatic carbocycles. The van der Waals surface area contributed by atoms with Crippen LogP contribution in [0.3, 0.4) is 0 Å². The second-order valence-electron chi connectivity index (χ2n) is 7.44. The third kappa shape index (κ3) is 3.14. The van der Waals surface area contributed by atoms with Gasteiger partial charge in [0.25, 0.3) is 0 Å². The van der Waals surface area contributed by atoms with E-state index in [9.17, 15) is 22.0 Å². The maximum absolute atomic E-state index is 14.7. The summed E-state index contributed by atoms with van der Waals surface area (Å²) in [5.74, 6) is -0.468. The topological polar surface area (TPSA) is 41.1 Å². The first-order valence-corrected chi connectivity index (χ1v) is 9.76. The van der Waals surface area contributed by atoms with Gasteiger partial charge in [0.15, 0.2) is 5.82 Å². The van der Waals surface area contributed by atoms with E-state index in [1.807, 2.05) is 4.90 Å². The molecule has 2 saturated heterocycles. The third-order valence-corrected chi connectivity index (χ3v) is 6.20. The monoisotopic (exact) mass is 464 g/mol. The highest BCUT2D eigenvalue weighted by Crippen LogP contribution is 2.47. The molecule has 1 saturated carbocycles. The summed E-state index contributed by atoms with van der Waals surface area (Å²) in [4.78, 5) is 10.3. The van der Waals surface area contributed by atoms with Crippen molar-refractivity contribution in [3.63, 3.8) is 0 Å². The van der Waals surface area contributed by atoms with Crippen molar-refractivity contribution in [1.82, 2.24) is 15.3 Å². The van der Waals surface area contributed by atoms with Crippen molar-refractivity contribution in [2.45, 2.75) is 57.2 Å². The van der Waals surface area contributed by atoms with Gasteiger partial charge in [-0.2, -0.15) is 13.2 Å². The van der Waals surface area contributed by atoms with Crippen LogP contribution in [-0.2, 0) is 6.18 Å². The molecule has 1 aromatic heterocycles. The highest BCUT2D eigenvalue weighted by molar-refractivity contribution is 9.10. The van der Waals surface area contributed by atoms with Crippen LogP contribution < -0.4 is 10.2 Å². The van der Waals surface area contributed by atoms with Gasteiger partial charge in [0.2, 0.25) is 0 Å². The van der Waals surface area contributed by atoms with Gasteiger partial charge in [-0.05, 0) is 48.7 Å². The van der Waals surface area contributed by atoms with Crippen LogP contribution in [-0.4, -0.2) is 40.8 Å². The van der Waals surface area contributed by atoms with Crippen molar-refractivity contribution in [3.8, 4) is 0 Å². The van der Waals surface area contributed by atoms with Gasteiger partial charge in [-0.3, -0.25) is 0 Å². The standard InChI is InChI=1S/C18H18BrF5N4/c1-7(20)6-25-12-3-9-4-13(12)28(9)17-10-5-11(18(22,23)24)14(19)15(21)16(10)26-8(2)27-17/h5,7,9,12-13,25H,3-4,6H2,1-2H3. The molecule has 5 rings (SSSR count). The molecule has 3 aliphatic rings. The van der Waals surface area contributed by atoms with Crippen LogP contribution in [0, 0.1) is 12.7 Å². The SMILES string of the molecule is Cc1nc(N2C3CC(NCC(C)F)C2C3)c2cc(C(F)(F)F)c(Br)c(F)c2n1. The van der Waals surface area contributed by atoms with Gasteiger partial charge in [-0.25, -0.2) is 18.7 Å². The number of hydrogen-bond acceptors (Lipinski definition) is 4. The molecular formula is C18H18BrF5N4. The number of benzene rings is 1. The van der Waals surface area contributed by atoms with Crippen LogP contribution in [0.2, 0.25) is 0 Å². The van der Waals surface area contributed by atoms with Gasteiger partial charge < -0.3 is 10.2 Å². The van der Waals surface area contributed by atoms with Crippen molar-refractivity contribution < 1.29 is 22.0 Å². The van der Waals surface area contributed by atoms with Gasteiger partial charge in [0, 0.05) is 30.1 Å². The molecule has 0 amide bonds. The summed E-state index contributed by atoms with van der Waals surface area (Å²) in [6, 6.07) is 0.996. The van der Waals surface area contributed by atoms with Crippen molar-refractivity contribution >= 4 is 32.7 Å². The zero-order valence-corrected chi connectivity index (χ0v) is 16.7. The summed E-state index contributed by atoms with van der Waals surface area (Å²) in [6.07, 6.45) is -4.12. The average molecular weight is 465 g/mol. The fourth-order valence-corrected chi connectivity index (χ4v) is 4.75. The highest BCUT2D eigenvalue weighted by Gasteiger charge is 2.52. The molecule has 28 heavy (non-hydrogen) atoms. The normalized spacial score (nSPS) is 25.3. The van der Waals surface area contributed by atoms with Crippen LogP contribution in [0.5, 0.6) is 0 Å². The van der Waals surface area contributed by atoms with Crippen LogP contribution in [0.1, 0.15) is 31.2 Å². The first-order valence-electron chi connectivity index (χ1n) is 8.97. The lowest BCUT2D eigenvalue weighted by atomic mass is 10.0. The molecular weight excluding hydrogens is 447 g/mol. The Morgan fingerprint density at radius 2 is 2.04 bits per heavy atom. The largest absolute Gasteiger partial charge is 0.417 e. The number of alkyl halides is 4. The molecule has 4 nitrogen and oxygen atoms in total. The summed E-state index contributed by atoms with van der Waals surface area (Å²) in [5.41, 5.74) is -1.24. The van der Waals surface area contributed by atoms with E-state index in [0.29, 0.717) is 5.82 Å². The van der Waals surface area contributed by atoms with Gasteiger partial charge in [-0.15, -0.1) is 0 Å². The molecule has 152 valence electrons. The predicted molar refractivity (Wildman–Crippen MR) is 98.6 cm³/mol. The Morgan fingerprint density at radius 1 is 1.32 bits per heavy atom. The van der Waals surface area contributed by atoms with Crippen molar-refractivity contribution in [1.29, 1.82) is 0 Å². The van der Waals surface area contributed by atoms with Gasteiger partial charge >= 0.3 is 6.18 Å². The number of halogens is 6. The van der Waals surface area contributed by atoms with E-state index in [-0.39, 0.29) is 41.4 Å². The van der Waals surface area contributed by atoms with E-state index < -0.39 is 28.2 Å². The van der Waals surface area contributed by atoms with Gasteiger partial charge in [-0.1, -0.05) is 0 Å². The number of fused-ring (bicyclic) bond motifs is 2. The number of nitrogens with one attached hydrogen (secondary N) is 1. The van der Waals surface area contributed by atoms with E-state index in [1.165, 1.54) is 6.92 Å². The molecule has 3 fully saturated rings. The van der Waals surface area contributed by atoms with E-state index in [1.54, 1.807) is 6.92 Å². The maximum Gasteiger partial charge on any atom is 0.417 e. The number of aromatic nitrogens is 2. The zero-order valence-electron chi connectivity index (χ0n) is 15.1. The fourth-order valence-electron chi connectivity index (χ4n) is 4.22. The lowest BCUT2D eigenvalue weighted by Gasteiger charge is -2.43. The van der Waals surface area contributed by atoms with Crippen LogP contribution in [0.4, 0.5) is 27.8 Å². The summed E-state index contributed by atoms with van der Waals surface area (Å²) in [5, 5.41) is 3.20. The summed E-state index contributed by atoms with van der Waals surface area (Å²) >= 11 is 2.72. The Hall–Kier alpha value is -1.55. The lowest BCUT2D eigenvalue weighted by Crippen LogP contribution is -2.54. The zero-order chi connectivity index (χ0) is 20.4. The number of nitrogens with zero attached hydrogens (tertiary/aromatic N) is 3. The fraction of sp³-hybridized carbons (Fsp3) is 0.556. The summed E-state index contributed by atoms with van der Waals surface area (Å²) in [6.45, 7) is 3.26. The Morgan fingerprint density at radius 3 is 2.68 bits per heavy atom. The Bertz CT molecular complexity index is 933. The van der Waals surface area contributed by atoms with Crippen LogP contribution in [0.15, 0.2) is 10.5 Å². The van der Waals surface area contributed by atoms with Crippen molar-refractivity contribution in [2.24, 2.45) is 0 Å². The summed E-state index contributed by atoms with van der Waals surface area (Å²) < 4.78 is 67.3. The van der Waals surface area contributed by atoms with E-state index in [4.69, 9.17) is 0 Å². The first kappa shape index (κ1) is 19.8. The quantitative estimate of drug-likeness (QED) is 0.675. The van der Waals surface area contributed by atoms with Crippen molar-refractivity contribution in [3.05, 3.63) is 27.7 Å². The van der Waals surface area contributed by atoms with Gasteiger partial charge in [0.1, 0.15) is 23.3 Å². The molecule has 1 N–H and O–H groups in total. The Balaban J connectivity index is 1.79. The van der Waals surface area contributed by atoms with Crippen molar-refractivity contribution in [2.75, 3.05) is 11.4 Å². The predicted octanol–water partition coefficient (Wildman–Crippen LogP) is 4.53. The second kappa shape index (κ2) is 6.76. The number of hydrogen-bond donors (Lipinski definition) is 1. The van der Waals surface area contributed by atoms with E-state index >= 15 is 0 Å². The minimum Gasteiger partial charge on any atom is -0.348 e. The molecule has 10 heteroatoms. The molecule has 2 bridgehead atoms. The molecule has 1 aliphatic carbocycles. The smallest absolute Gasteiger partial charge is 0.348 e. The minimum absolute atomic E-state index is 0.0118. The molecule has 0 spiro atoms. The average Bonchev–Trinajstić information content (AvgIpc) is 3.14. The Labute approximate surface area is 166 Å². The number of anilines is 1. The molecule has 2 aliphatic heterocycles. The summed E-state index contributed by atoms with van der Waals surface area (Å²) in [7, 11) is 0. The van der Waals surface area contributed by atoms with Gasteiger partial charge in [0.05, 0.1) is 10.0 Å². The molecule has 0 radical (unpaired) electrons. The molecule has 2 aromatic rings. The van der Waals surface area contributed by atoms with E-state index in [0.717, 1.165) is 18.9 Å². The highest BCUT2D eigenvalue weighted by atomic mass is 79.9. The lowest BCUT2D eigenvalue weighted by molar-refractivity contribution is -0.138. The number of aryl methyl sites for hydroxylation is 1. The van der Waals surface area contributed by atoms with Crippen LogP contribution in [0.25, 0.3) is 10.9 Å². The van der Waals surface area contributed by atoms with Crippen LogP contribution >= 0.6 is 15.9 Å². The third-order valence-electron chi connectivity index (χ3n) is 5.43. The second-order valence-corrected chi connectivity index (χ2v) is 8.23. The molecule has 3 heterocycles. The number of rotatable bonds is 4. The molecule has 4 unspecified atom stereocenters. The Kier molecular flexibility index (Phi) is 4.77. The first-order chi connectivity index (χ1) is 13.1. The maximum atomic E-state index is 14.7. The van der Waals surface area contributed by atoms with E-state index in [2.05, 4.69) is 31.2 Å². The molecule has 4 atom stereocenters.